The zero-order valence-electron chi connectivity index (χ0n) is 11.0. The SMILES string of the molecule is CC(C)n1cc(CCN)c2cccc(C(F)(F)F)c21. The van der Waals surface area contributed by atoms with E-state index in [9.17, 15) is 13.2 Å². The van der Waals surface area contributed by atoms with Crippen LogP contribution in [0.1, 0.15) is 31.0 Å². The number of hydrogen-bond acceptors (Lipinski definition) is 1. The van der Waals surface area contributed by atoms with E-state index in [0.29, 0.717) is 18.4 Å². The molecule has 0 radical (unpaired) electrons. The lowest BCUT2D eigenvalue weighted by Crippen LogP contribution is -2.09. The molecule has 2 aromatic rings. The van der Waals surface area contributed by atoms with Crippen LogP contribution in [0.15, 0.2) is 24.4 Å². The van der Waals surface area contributed by atoms with Gasteiger partial charge in [-0.25, -0.2) is 0 Å². The van der Waals surface area contributed by atoms with E-state index in [2.05, 4.69) is 0 Å². The van der Waals surface area contributed by atoms with Gasteiger partial charge in [0, 0.05) is 17.6 Å². The predicted octanol–water partition coefficient (Wildman–Crippen LogP) is 3.74. The first-order valence-electron chi connectivity index (χ1n) is 6.26. The normalized spacial score (nSPS) is 12.6. The molecule has 0 aliphatic rings. The van der Waals surface area contributed by atoms with Gasteiger partial charge in [-0.05, 0) is 38.4 Å². The van der Waals surface area contributed by atoms with Crippen LogP contribution in [0, 0.1) is 0 Å². The molecule has 0 saturated carbocycles. The van der Waals surface area contributed by atoms with Crippen molar-refractivity contribution in [1.82, 2.24) is 4.57 Å². The van der Waals surface area contributed by atoms with Crippen molar-refractivity contribution in [3.63, 3.8) is 0 Å². The molecule has 0 aliphatic heterocycles. The Morgan fingerprint density at radius 1 is 1.26 bits per heavy atom. The minimum Gasteiger partial charge on any atom is -0.344 e. The van der Waals surface area contributed by atoms with E-state index in [1.54, 1.807) is 16.8 Å². The summed E-state index contributed by atoms with van der Waals surface area (Å²) in [6.07, 6.45) is -1.97. The van der Waals surface area contributed by atoms with Gasteiger partial charge >= 0.3 is 6.18 Å². The van der Waals surface area contributed by atoms with Crippen molar-refractivity contribution >= 4 is 10.9 Å². The third-order valence-electron chi connectivity index (χ3n) is 3.21. The summed E-state index contributed by atoms with van der Waals surface area (Å²) in [4.78, 5) is 0. The molecule has 19 heavy (non-hydrogen) atoms. The molecule has 0 atom stereocenters. The fourth-order valence-electron chi connectivity index (χ4n) is 2.37. The van der Waals surface area contributed by atoms with Crippen LogP contribution >= 0.6 is 0 Å². The lowest BCUT2D eigenvalue weighted by molar-refractivity contribution is -0.136. The zero-order chi connectivity index (χ0) is 14.2. The van der Waals surface area contributed by atoms with Gasteiger partial charge < -0.3 is 10.3 Å². The number of nitrogens with two attached hydrogens (primary N) is 1. The number of halogens is 3. The standard InChI is InChI=1S/C14H17F3N2/c1-9(2)19-8-10(6-7-18)11-4-3-5-12(13(11)19)14(15,16)17/h3-5,8-9H,6-7,18H2,1-2H3. The second-order valence-corrected chi connectivity index (χ2v) is 4.89. The molecule has 2 rings (SSSR count). The summed E-state index contributed by atoms with van der Waals surface area (Å²) in [5.41, 5.74) is 6.08. The second-order valence-electron chi connectivity index (χ2n) is 4.89. The number of alkyl halides is 3. The molecule has 104 valence electrons. The maximum Gasteiger partial charge on any atom is 0.418 e. The molecule has 5 heteroatoms. The summed E-state index contributed by atoms with van der Waals surface area (Å²) in [5.74, 6) is 0. The number of benzene rings is 1. The van der Waals surface area contributed by atoms with Crippen molar-refractivity contribution in [3.8, 4) is 0 Å². The lowest BCUT2D eigenvalue weighted by Gasteiger charge is -2.14. The van der Waals surface area contributed by atoms with Crippen molar-refractivity contribution in [1.29, 1.82) is 0 Å². The number of nitrogens with zero attached hydrogens (tertiary/aromatic N) is 1. The predicted molar refractivity (Wildman–Crippen MR) is 70.1 cm³/mol. The van der Waals surface area contributed by atoms with E-state index < -0.39 is 11.7 Å². The quantitative estimate of drug-likeness (QED) is 0.905. The third kappa shape index (κ3) is 2.47. The maximum absolute atomic E-state index is 13.1. The van der Waals surface area contributed by atoms with Crippen LogP contribution in [0.25, 0.3) is 10.9 Å². The third-order valence-corrected chi connectivity index (χ3v) is 3.21. The highest BCUT2D eigenvalue weighted by molar-refractivity contribution is 5.87. The molecule has 1 aromatic carbocycles. The van der Waals surface area contributed by atoms with Gasteiger partial charge in [0.2, 0.25) is 0 Å². The fraction of sp³-hybridized carbons (Fsp3) is 0.429. The molecule has 0 fully saturated rings. The molecule has 0 amide bonds. The minimum atomic E-state index is -4.34. The Labute approximate surface area is 110 Å². The largest absolute Gasteiger partial charge is 0.418 e. The maximum atomic E-state index is 13.1. The summed E-state index contributed by atoms with van der Waals surface area (Å²) >= 11 is 0. The Kier molecular flexibility index (Phi) is 3.58. The molecular weight excluding hydrogens is 253 g/mol. The van der Waals surface area contributed by atoms with Crippen LogP contribution < -0.4 is 5.73 Å². The van der Waals surface area contributed by atoms with Crippen molar-refractivity contribution in [2.75, 3.05) is 6.54 Å². The molecule has 2 N–H and O–H groups in total. The Bertz CT molecular complexity index is 582. The van der Waals surface area contributed by atoms with Gasteiger partial charge in [-0.15, -0.1) is 0 Å². The highest BCUT2D eigenvalue weighted by Crippen LogP contribution is 2.37. The van der Waals surface area contributed by atoms with Crippen LogP contribution in [0.3, 0.4) is 0 Å². The Balaban J connectivity index is 2.79. The molecule has 0 spiro atoms. The Morgan fingerprint density at radius 3 is 2.47 bits per heavy atom. The summed E-state index contributed by atoms with van der Waals surface area (Å²) in [5, 5.41) is 0.647. The number of aromatic nitrogens is 1. The Hall–Kier alpha value is -1.49. The van der Waals surface area contributed by atoms with E-state index >= 15 is 0 Å². The molecule has 0 bridgehead atoms. The molecule has 2 nitrogen and oxygen atoms in total. The van der Waals surface area contributed by atoms with E-state index in [4.69, 9.17) is 5.73 Å². The summed E-state index contributed by atoms with van der Waals surface area (Å²) in [6, 6.07) is 4.29. The molecule has 1 heterocycles. The van der Waals surface area contributed by atoms with Gasteiger partial charge in [0.25, 0.3) is 0 Å². The smallest absolute Gasteiger partial charge is 0.344 e. The summed E-state index contributed by atoms with van der Waals surface area (Å²) in [7, 11) is 0. The van der Waals surface area contributed by atoms with Crippen LogP contribution in [0.4, 0.5) is 13.2 Å². The van der Waals surface area contributed by atoms with Crippen molar-refractivity contribution in [3.05, 3.63) is 35.5 Å². The van der Waals surface area contributed by atoms with Crippen molar-refractivity contribution in [2.24, 2.45) is 5.73 Å². The monoisotopic (exact) mass is 270 g/mol. The molecule has 0 saturated heterocycles. The van der Waals surface area contributed by atoms with Crippen LogP contribution in [-0.4, -0.2) is 11.1 Å². The van der Waals surface area contributed by atoms with Crippen LogP contribution in [-0.2, 0) is 12.6 Å². The first kappa shape index (κ1) is 13.9. The number of fused-ring (bicyclic) bond motifs is 1. The number of para-hydroxylation sites is 1. The average molecular weight is 270 g/mol. The zero-order valence-corrected chi connectivity index (χ0v) is 11.0. The number of rotatable bonds is 3. The molecule has 0 aliphatic carbocycles. The highest BCUT2D eigenvalue weighted by atomic mass is 19.4. The molecular formula is C14H17F3N2. The van der Waals surface area contributed by atoms with Gasteiger partial charge in [-0.1, -0.05) is 12.1 Å². The van der Waals surface area contributed by atoms with Gasteiger partial charge in [-0.2, -0.15) is 13.2 Å². The van der Waals surface area contributed by atoms with Gasteiger partial charge in [0.1, 0.15) is 0 Å². The number of hydrogen-bond donors (Lipinski definition) is 1. The first-order valence-corrected chi connectivity index (χ1v) is 6.26. The van der Waals surface area contributed by atoms with E-state index in [0.717, 1.165) is 11.6 Å². The molecule has 0 unspecified atom stereocenters. The van der Waals surface area contributed by atoms with Crippen LogP contribution in [0.2, 0.25) is 0 Å². The van der Waals surface area contributed by atoms with E-state index in [-0.39, 0.29) is 11.6 Å². The van der Waals surface area contributed by atoms with Crippen molar-refractivity contribution in [2.45, 2.75) is 32.5 Å². The highest BCUT2D eigenvalue weighted by Gasteiger charge is 2.34. The fourth-order valence-corrected chi connectivity index (χ4v) is 2.37. The van der Waals surface area contributed by atoms with Crippen LogP contribution in [0.5, 0.6) is 0 Å². The van der Waals surface area contributed by atoms with Gasteiger partial charge in [0.15, 0.2) is 0 Å². The lowest BCUT2D eigenvalue weighted by atomic mass is 10.1. The topological polar surface area (TPSA) is 30.9 Å². The molecule has 1 aromatic heterocycles. The first-order chi connectivity index (χ1) is 8.86. The average Bonchev–Trinajstić information content (AvgIpc) is 2.67. The van der Waals surface area contributed by atoms with Crippen molar-refractivity contribution < 1.29 is 13.2 Å². The van der Waals surface area contributed by atoms with Gasteiger partial charge in [-0.3, -0.25) is 0 Å². The Morgan fingerprint density at radius 2 is 1.95 bits per heavy atom. The van der Waals surface area contributed by atoms with Gasteiger partial charge in [0.05, 0.1) is 11.1 Å². The van der Waals surface area contributed by atoms with E-state index in [1.807, 2.05) is 13.8 Å². The second kappa shape index (κ2) is 4.89. The summed E-state index contributed by atoms with van der Waals surface area (Å²) < 4.78 is 41.0. The summed E-state index contributed by atoms with van der Waals surface area (Å²) in [6.45, 7) is 4.17. The minimum absolute atomic E-state index is 0.0301. The van der Waals surface area contributed by atoms with E-state index in [1.165, 1.54) is 6.07 Å².